The van der Waals surface area contributed by atoms with Gasteiger partial charge in [-0.05, 0) is 12.3 Å². The molecular formula is C10H14N2O4. The zero-order chi connectivity index (χ0) is 12.1. The maximum atomic E-state index is 11.2. The van der Waals surface area contributed by atoms with Crippen LogP contribution in [0.1, 0.15) is 19.8 Å². The van der Waals surface area contributed by atoms with Gasteiger partial charge in [0.1, 0.15) is 0 Å². The van der Waals surface area contributed by atoms with Gasteiger partial charge in [-0.2, -0.15) is 0 Å². The van der Waals surface area contributed by atoms with Crippen LogP contribution in [0.5, 0.6) is 0 Å². The van der Waals surface area contributed by atoms with Crippen molar-refractivity contribution in [2.75, 3.05) is 0 Å². The fourth-order valence-corrected chi connectivity index (χ4v) is 1.38. The van der Waals surface area contributed by atoms with Gasteiger partial charge in [0.05, 0.1) is 0 Å². The second-order valence-electron chi connectivity index (χ2n) is 3.64. The lowest BCUT2D eigenvalue weighted by Gasteiger charge is -2.03. The largest absolute Gasteiger partial charge is 0.478 e. The molecular weight excluding hydrogens is 212 g/mol. The van der Waals surface area contributed by atoms with Gasteiger partial charge < -0.3 is 10.4 Å². The molecule has 1 rings (SSSR count). The van der Waals surface area contributed by atoms with E-state index in [1.807, 2.05) is 12.2 Å². The number of carboxylic acid groups (broad SMARTS) is 1. The Labute approximate surface area is 92.7 Å². The average molecular weight is 226 g/mol. The topological polar surface area (TPSA) is 95.5 Å². The van der Waals surface area contributed by atoms with Crippen LogP contribution in [-0.4, -0.2) is 29.1 Å². The summed E-state index contributed by atoms with van der Waals surface area (Å²) >= 11 is 0. The van der Waals surface area contributed by atoms with Crippen molar-refractivity contribution in [3.63, 3.8) is 0 Å². The summed E-state index contributed by atoms with van der Waals surface area (Å²) in [7, 11) is 0. The summed E-state index contributed by atoms with van der Waals surface area (Å²) in [6, 6.07) is -0.442. The number of carbonyl (C=O) groups is 3. The van der Waals surface area contributed by atoms with E-state index in [1.54, 1.807) is 0 Å². The molecule has 3 amide bonds. The molecule has 0 radical (unpaired) electrons. The SMILES string of the molecule is CCC1CC1NC(=O)NC(=O)/C=C/C(=O)O. The summed E-state index contributed by atoms with van der Waals surface area (Å²) in [5, 5.41) is 12.9. The van der Waals surface area contributed by atoms with Gasteiger partial charge in [0, 0.05) is 18.2 Å². The van der Waals surface area contributed by atoms with Crippen LogP contribution in [-0.2, 0) is 9.59 Å². The van der Waals surface area contributed by atoms with Crippen LogP contribution in [0.3, 0.4) is 0 Å². The summed E-state index contributed by atoms with van der Waals surface area (Å²) < 4.78 is 0. The van der Waals surface area contributed by atoms with Crippen LogP contribution in [0.2, 0.25) is 0 Å². The first-order valence-corrected chi connectivity index (χ1v) is 5.05. The molecule has 6 heteroatoms. The molecule has 0 saturated heterocycles. The molecule has 3 N–H and O–H groups in total. The highest BCUT2D eigenvalue weighted by Gasteiger charge is 2.36. The number of urea groups is 1. The fourth-order valence-electron chi connectivity index (χ4n) is 1.38. The summed E-state index contributed by atoms with van der Waals surface area (Å²) in [4.78, 5) is 32.3. The normalized spacial score (nSPS) is 22.8. The van der Waals surface area contributed by atoms with Crippen molar-refractivity contribution in [3.8, 4) is 0 Å². The van der Waals surface area contributed by atoms with Crippen LogP contribution in [0, 0.1) is 5.92 Å². The van der Waals surface area contributed by atoms with Crippen molar-refractivity contribution in [3.05, 3.63) is 12.2 Å². The number of rotatable bonds is 4. The fraction of sp³-hybridized carbons (Fsp3) is 0.500. The lowest BCUT2D eigenvalue weighted by Crippen LogP contribution is -2.40. The van der Waals surface area contributed by atoms with Crippen molar-refractivity contribution in [2.45, 2.75) is 25.8 Å². The average Bonchev–Trinajstić information content (AvgIpc) is 2.93. The summed E-state index contributed by atoms with van der Waals surface area (Å²) in [6.45, 7) is 2.03. The van der Waals surface area contributed by atoms with E-state index in [2.05, 4.69) is 5.32 Å². The van der Waals surface area contributed by atoms with Crippen molar-refractivity contribution in [2.24, 2.45) is 5.92 Å². The van der Waals surface area contributed by atoms with Gasteiger partial charge in [-0.3, -0.25) is 10.1 Å². The molecule has 0 bridgehead atoms. The van der Waals surface area contributed by atoms with Crippen LogP contribution >= 0.6 is 0 Å². The smallest absolute Gasteiger partial charge is 0.328 e. The van der Waals surface area contributed by atoms with E-state index >= 15 is 0 Å². The van der Waals surface area contributed by atoms with Crippen LogP contribution in [0.25, 0.3) is 0 Å². The highest BCUT2D eigenvalue weighted by atomic mass is 16.4. The van der Waals surface area contributed by atoms with E-state index in [1.165, 1.54) is 0 Å². The molecule has 0 spiro atoms. The van der Waals surface area contributed by atoms with Crippen molar-refractivity contribution >= 4 is 17.9 Å². The number of nitrogens with one attached hydrogen (secondary N) is 2. The molecule has 1 fully saturated rings. The maximum absolute atomic E-state index is 11.2. The minimum Gasteiger partial charge on any atom is -0.478 e. The third-order valence-electron chi connectivity index (χ3n) is 2.38. The Morgan fingerprint density at radius 3 is 2.56 bits per heavy atom. The number of carboxylic acids is 1. The second kappa shape index (κ2) is 5.29. The van der Waals surface area contributed by atoms with E-state index in [0.29, 0.717) is 12.0 Å². The number of imide groups is 1. The van der Waals surface area contributed by atoms with Gasteiger partial charge in [0.25, 0.3) is 5.91 Å². The summed E-state index contributed by atoms with van der Waals surface area (Å²) in [6.07, 6.45) is 3.40. The zero-order valence-corrected chi connectivity index (χ0v) is 8.90. The van der Waals surface area contributed by atoms with Crippen molar-refractivity contribution < 1.29 is 19.5 Å². The van der Waals surface area contributed by atoms with Gasteiger partial charge in [0.15, 0.2) is 0 Å². The molecule has 2 atom stereocenters. The Bertz CT molecular complexity index is 338. The first-order chi connectivity index (χ1) is 7.52. The molecule has 2 unspecified atom stereocenters. The van der Waals surface area contributed by atoms with E-state index < -0.39 is 17.9 Å². The summed E-state index contributed by atoms with van der Waals surface area (Å²) in [5.74, 6) is -1.48. The molecule has 0 heterocycles. The lowest BCUT2D eigenvalue weighted by atomic mass is 10.3. The van der Waals surface area contributed by atoms with Crippen LogP contribution < -0.4 is 10.6 Å². The van der Waals surface area contributed by atoms with Gasteiger partial charge in [-0.15, -0.1) is 0 Å². The van der Waals surface area contributed by atoms with Crippen molar-refractivity contribution in [1.82, 2.24) is 10.6 Å². The number of aliphatic carboxylic acids is 1. The first kappa shape index (κ1) is 12.2. The highest BCUT2D eigenvalue weighted by molar-refractivity contribution is 6.02. The molecule has 1 aliphatic rings. The molecule has 16 heavy (non-hydrogen) atoms. The van der Waals surface area contributed by atoms with Gasteiger partial charge in [0.2, 0.25) is 0 Å². The Morgan fingerprint density at radius 1 is 1.38 bits per heavy atom. The predicted molar refractivity (Wildman–Crippen MR) is 55.6 cm³/mol. The molecule has 0 aromatic heterocycles. The second-order valence-corrected chi connectivity index (χ2v) is 3.64. The third kappa shape index (κ3) is 4.12. The molecule has 1 aliphatic carbocycles. The highest BCUT2D eigenvalue weighted by Crippen LogP contribution is 2.32. The maximum Gasteiger partial charge on any atom is 0.328 e. The Morgan fingerprint density at radius 2 is 2.06 bits per heavy atom. The molecule has 0 aliphatic heterocycles. The lowest BCUT2D eigenvalue weighted by molar-refractivity contribution is -0.131. The van der Waals surface area contributed by atoms with Gasteiger partial charge in [-0.25, -0.2) is 9.59 Å². The summed E-state index contributed by atoms with van der Waals surface area (Å²) in [5.41, 5.74) is 0. The molecule has 1 saturated carbocycles. The molecule has 88 valence electrons. The minimum absolute atomic E-state index is 0.140. The minimum atomic E-state index is -1.23. The van der Waals surface area contributed by atoms with E-state index in [4.69, 9.17) is 5.11 Å². The first-order valence-electron chi connectivity index (χ1n) is 5.05. The predicted octanol–water partition coefficient (Wildman–Crippen LogP) is 0.251. The quantitative estimate of drug-likeness (QED) is 0.599. The Hall–Kier alpha value is -1.85. The van der Waals surface area contributed by atoms with Crippen molar-refractivity contribution in [1.29, 1.82) is 0 Å². The van der Waals surface area contributed by atoms with Crippen LogP contribution in [0.4, 0.5) is 4.79 Å². The molecule has 0 aromatic rings. The standard InChI is InChI=1S/C10H14N2O4/c1-2-6-5-7(6)11-10(16)12-8(13)3-4-9(14)15/h3-4,6-7H,2,5H2,1H3,(H,14,15)(H2,11,12,13,16)/b4-3+. The van der Waals surface area contributed by atoms with Gasteiger partial charge in [-0.1, -0.05) is 13.3 Å². The molecule has 0 aromatic carbocycles. The number of amides is 3. The van der Waals surface area contributed by atoms with E-state index in [-0.39, 0.29) is 6.04 Å². The zero-order valence-electron chi connectivity index (χ0n) is 8.90. The Kier molecular flexibility index (Phi) is 4.04. The Balaban J connectivity index is 2.24. The van der Waals surface area contributed by atoms with E-state index in [9.17, 15) is 14.4 Å². The number of carbonyl (C=O) groups excluding carboxylic acids is 2. The third-order valence-corrected chi connectivity index (χ3v) is 2.38. The monoisotopic (exact) mass is 226 g/mol. The number of hydrogen-bond acceptors (Lipinski definition) is 3. The van der Waals surface area contributed by atoms with Gasteiger partial charge >= 0.3 is 12.0 Å². The number of hydrogen-bond donors (Lipinski definition) is 3. The molecule has 6 nitrogen and oxygen atoms in total. The van der Waals surface area contributed by atoms with E-state index in [0.717, 1.165) is 18.9 Å². The van der Waals surface area contributed by atoms with Crippen LogP contribution in [0.15, 0.2) is 12.2 Å².